The molecule has 0 radical (unpaired) electrons. The molecule has 0 fully saturated rings. The van der Waals surface area contributed by atoms with Crippen molar-refractivity contribution in [3.63, 3.8) is 0 Å². The SMILES string of the molecule is C=CCC(CC=C)C(O)COC(C)CO. The number of rotatable bonds is 9. The fraction of sp³-hybridized carbons (Fsp3) is 0.667. The number of allylic oxidation sites excluding steroid dienone is 2. The van der Waals surface area contributed by atoms with E-state index in [4.69, 9.17) is 9.84 Å². The molecule has 0 aliphatic heterocycles. The molecule has 2 unspecified atom stereocenters. The summed E-state index contributed by atoms with van der Waals surface area (Å²) in [5.74, 6) is 0.103. The first-order valence-corrected chi connectivity index (χ1v) is 5.28. The second-order valence-corrected chi connectivity index (χ2v) is 3.70. The molecule has 0 aliphatic carbocycles. The minimum absolute atomic E-state index is 0.0275. The van der Waals surface area contributed by atoms with E-state index in [1.54, 1.807) is 19.1 Å². The van der Waals surface area contributed by atoms with E-state index in [-0.39, 0.29) is 25.2 Å². The summed E-state index contributed by atoms with van der Waals surface area (Å²) in [5, 5.41) is 18.6. The molecular weight excluding hydrogens is 192 g/mol. The van der Waals surface area contributed by atoms with Crippen molar-refractivity contribution in [2.45, 2.75) is 32.0 Å². The number of aliphatic hydroxyl groups excluding tert-OH is 2. The predicted octanol–water partition coefficient (Wildman–Crippen LogP) is 1.51. The highest BCUT2D eigenvalue weighted by molar-refractivity contribution is 4.83. The third-order valence-electron chi connectivity index (χ3n) is 2.29. The first kappa shape index (κ1) is 14.4. The lowest BCUT2D eigenvalue weighted by Gasteiger charge is -2.21. The van der Waals surface area contributed by atoms with Crippen LogP contribution in [-0.4, -0.2) is 35.6 Å². The third kappa shape index (κ3) is 6.44. The summed E-state index contributed by atoms with van der Waals surface area (Å²) in [7, 11) is 0. The molecule has 88 valence electrons. The molecule has 0 amide bonds. The average molecular weight is 214 g/mol. The highest BCUT2D eigenvalue weighted by Gasteiger charge is 2.17. The van der Waals surface area contributed by atoms with E-state index in [0.717, 1.165) is 12.8 Å². The van der Waals surface area contributed by atoms with Crippen LogP contribution in [0.5, 0.6) is 0 Å². The van der Waals surface area contributed by atoms with Gasteiger partial charge in [-0.05, 0) is 25.7 Å². The lowest BCUT2D eigenvalue weighted by molar-refractivity contribution is -0.0408. The molecule has 0 aromatic heterocycles. The van der Waals surface area contributed by atoms with Gasteiger partial charge in [0.25, 0.3) is 0 Å². The Bertz CT molecular complexity index is 170. The van der Waals surface area contributed by atoms with Gasteiger partial charge in [0.1, 0.15) is 0 Å². The standard InChI is InChI=1S/C12H22O3/c1-4-6-11(7-5-2)12(14)9-15-10(3)8-13/h4-5,10-14H,1-2,6-9H2,3H3. The summed E-state index contributed by atoms with van der Waals surface area (Å²) in [4.78, 5) is 0. The van der Waals surface area contributed by atoms with Gasteiger partial charge >= 0.3 is 0 Å². The molecule has 0 aromatic rings. The van der Waals surface area contributed by atoms with Crippen LogP contribution in [-0.2, 0) is 4.74 Å². The molecule has 0 saturated heterocycles. The average Bonchev–Trinajstić information content (AvgIpc) is 2.25. The first-order valence-electron chi connectivity index (χ1n) is 5.28. The zero-order valence-electron chi connectivity index (χ0n) is 9.43. The number of hydrogen-bond acceptors (Lipinski definition) is 3. The Hall–Kier alpha value is -0.640. The van der Waals surface area contributed by atoms with Crippen molar-refractivity contribution in [3.05, 3.63) is 25.3 Å². The second kappa shape index (κ2) is 8.65. The van der Waals surface area contributed by atoms with Crippen LogP contribution < -0.4 is 0 Å². The van der Waals surface area contributed by atoms with Gasteiger partial charge in [0, 0.05) is 0 Å². The molecule has 0 aromatic carbocycles. The van der Waals surface area contributed by atoms with Gasteiger partial charge in [0.15, 0.2) is 0 Å². The Morgan fingerprint density at radius 1 is 1.27 bits per heavy atom. The lowest BCUT2D eigenvalue weighted by atomic mass is 9.95. The van der Waals surface area contributed by atoms with E-state index >= 15 is 0 Å². The van der Waals surface area contributed by atoms with Gasteiger partial charge in [0.05, 0.1) is 25.4 Å². The quantitative estimate of drug-likeness (QED) is 0.572. The van der Waals surface area contributed by atoms with Crippen LogP contribution in [0.2, 0.25) is 0 Å². The smallest absolute Gasteiger partial charge is 0.0807 e. The van der Waals surface area contributed by atoms with Gasteiger partial charge in [-0.2, -0.15) is 0 Å². The Labute approximate surface area is 92.1 Å². The Morgan fingerprint density at radius 3 is 2.20 bits per heavy atom. The summed E-state index contributed by atoms with van der Waals surface area (Å²) in [6.07, 6.45) is 4.29. The number of ether oxygens (including phenoxy) is 1. The molecule has 3 heteroatoms. The van der Waals surface area contributed by atoms with Crippen molar-refractivity contribution >= 4 is 0 Å². The van der Waals surface area contributed by atoms with Gasteiger partial charge in [-0.1, -0.05) is 12.2 Å². The largest absolute Gasteiger partial charge is 0.394 e. The highest BCUT2D eigenvalue weighted by atomic mass is 16.5. The Morgan fingerprint density at radius 2 is 1.80 bits per heavy atom. The topological polar surface area (TPSA) is 49.7 Å². The second-order valence-electron chi connectivity index (χ2n) is 3.70. The minimum atomic E-state index is -0.532. The fourth-order valence-corrected chi connectivity index (χ4v) is 1.29. The van der Waals surface area contributed by atoms with Crippen molar-refractivity contribution in [1.82, 2.24) is 0 Å². The highest BCUT2D eigenvalue weighted by Crippen LogP contribution is 2.15. The van der Waals surface area contributed by atoms with Crippen LogP contribution >= 0.6 is 0 Å². The summed E-state index contributed by atoms with van der Waals surface area (Å²) in [6.45, 7) is 9.28. The van der Waals surface area contributed by atoms with Crippen LogP contribution in [0.1, 0.15) is 19.8 Å². The maximum absolute atomic E-state index is 9.81. The molecule has 3 nitrogen and oxygen atoms in total. The first-order chi connectivity index (χ1) is 7.15. The van der Waals surface area contributed by atoms with Gasteiger partial charge in [-0.15, -0.1) is 13.2 Å². The normalized spacial score (nSPS) is 14.9. The van der Waals surface area contributed by atoms with Crippen molar-refractivity contribution in [1.29, 1.82) is 0 Å². The summed E-state index contributed by atoms with van der Waals surface area (Å²) < 4.78 is 5.26. The van der Waals surface area contributed by atoms with E-state index < -0.39 is 6.10 Å². The molecule has 2 N–H and O–H groups in total. The lowest BCUT2D eigenvalue weighted by Crippen LogP contribution is -2.28. The molecule has 15 heavy (non-hydrogen) atoms. The molecular formula is C12H22O3. The molecule has 0 spiro atoms. The maximum atomic E-state index is 9.81. The minimum Gasteiger partial charge on any atom is -0.394 e. The molecule has 0 aliphatic rings. The predicted molar refractivity (Wildman–Crippen MR) is 61.6 cm³/mol. The van der Waals surface area contributed by atoms with Gasteiger partial charge in [-0.25, -0.2) is 0 Å². The maximum Gasteiger partial charge on any atom is 0.0807 e. The van der Waals surface area contributed by atoms with Gasteiger partial charge in [-0.3, -0.25) is 0 Å². The van der Waals surface area contributed by atoms with Crippen LogP contribution in [0.25, 0.3) is 0 Å². The molecule has 0 saturated carbocycles. The zero-order valence-corrected chi connectivity index (χ0v) is 9.43. The van der Waals surface area contributed by atoms with E-state index in [9.17, 15) is 5.11 Å². The molecule has 2 atom stereocenters. The Kier molecular flexibility index (Phi) is 8.28. The van der Waals surface area contributed by atoms with E-state index in [2.05, 4.69) is 13.2 Å². The summed E-state index contributed by atoms with van der Waals surface area (Å²) in [6, 6.07) is 0. The monoisotopic (exact) mass is 214 g/mol. The van der Waals surface area contributed by atoms with E-state index in [1.165, 1.54) is 0 Å². The van der Waals surface area contributed by atoms with Gasteiger partial charge < -0.3 is 14.9 Å². The van der Waals surface area contributed by atoms with E-state index in [0.29, 0.717) is 0 Å². The van der Waals surface area contributed by atoms with Crippen LogP contribution in [0.3, 0.4) is 0 Å². The van der Waals surface area contributed by atoms with Crippen molar-refractivity contribution < 1.29 is 14.9 Å². The molecule has 0 bridgehead atoms. The van der Waals surface area contributed by atoms with Crippen LogP contribution in [0, 0.1) is 5.92 Å². The number of hydrogen-bond donors (Lipinski definition) is 2. The zero-order chi connectivity index (χ0) is 11.7. The van der Waals surface area contributed by atoms with Crippen molar-refractivity contribution in [2.24, 2.45) is 5.92 Å². The summed E-state index contributed by atoms with van der Waals surface area (Å²) in [5.41, 5.74) is 0. The third-order valence-corrected chi connectivity index (χ3v) is 2.29. The Balaban J connectivity index is 3.94. The van der Waals surface area contributed by atoms with Crippen LogP contribution in [0.15, 0.2) is 25.3 Å². The van der Waals surface area contributed by atoms with Crippen LogP contribution in [0.4, 0.5) is 0 Å². The summed E-state index contributed by atoms with van der Waals surface area (Å²) >= 11 is 0. The van der Waals surface area contributed by atoms with E-state index in [1.807, 2.05) is 0 Å². The van der Waals surface area contributed by atoms with Crippen molar-refractivity contribution in [2.75, 3.05) is 13.2 Å². The molecule has 0 heterocycles. The van der Waals surface area contributed by atoms with Gasteiger partial charge in [0.2, 0.25) is 0 Å². The molecule has 0 rings (SSSR count). The van der Waals surface area contributed by atoms with Crippen molar-refractivity contribution in [3.8, 4) is 0 Å². The number of aliphatic hydroxyl groups is 2. The fourth-order valence-electron chi connectivity index (χ4n) is 1.29.